The summed E-state index contributed by atoms with van der Waals surface area (Å²) in [5, 5.41) is 0. The summed E-state index contributed by atoms with van der Waals surface area (Å²) in [5.74, 6) is -2.68. The summed E-state index contributed by atoms with van der Waals surface area (Å²) < 4.78 is 0. The Morgan fingerprint density at radius 2 is 1.40 bits per heavy atom. The Balaban J connectivity index is 1.31. The molecule has 0 N–H and O–H groups in total. The Bertz CT molecular complexity index is 1690. The van der Waals surface area contributed by atoms with Crippen molar-refractivity contribution in [3.8, 4) is 0 Å². The number of hydrogen-bond donors (Lipinski definition) is 0. The van der Waals surface area contributed by atoms with E-state index >= 15 is 0 Å². The third-order valence-electron chi connectivity index (χ3n) is 8.93. The lowest BCUT2D eigenvalue weighted by Gasteiger charge is -2.23. The maximum atomic E-state index is 14.0. The Morgan fingerprint density at radius 3 is 2.00 bits per heavy atom. The zero-order valence-corrected chi connectivity index (χ0v) is 25.6. The number of carbonyl (C=O) groups excluding carboxylic acids is 4. The van der Waals surface area contributed by atoms with Gasteiger partial charge in [0.2, 0.25) is 11.8 Å². The molecule has 0 spiro atoms. The molecule has 2 aliphatic heterocycles. The largest absolute Gasteiger partial charge is 0.285 e. The van der Waals surface area contributed by atoms with Crippen LogP contribution in [0.1, 0.15) is 42.5 Å². The molecule has 0 radical (unpaired) electrons. The number of anilines is 1. The van der Waals surface area contributed by atoms with E-state index in [2.05, 4.69) is 38.1 Å². The number of amides is 4. The van der Waals surface area contributed by atoms with E-state index in [9.17, 15) is 19.2 Å². The fraction of sp³-hybridized carbons (Fsp3) is 0.278. The molecule has 218 valence electrons. The van der Waals surface area contributed by atoms with E-state index in [1.165, 1.54) is 29.2 Å². The van der Waals surface area contributed by atoms with Gasteiger partial charge in [0.25, 0.3) is 11.8 Å². The summed E-state index contributed by atoms with van der Waals surface area (Å²) in [6, 6.07) is 23.7. The number of imide groups is 2. The summed E-state index contributed by atoms with van der Waals surface area (Å²) in [5.41, 5.74) is 5.57. The number of benzene rings is 3. The molecule has 0 bridgehead atoms. The van der Waals surface area contributed by atoms with Gasteiger partial charge in [-0.25, -0.2) is 4.90 Å². The predicted molar refractivity (Wildman–Crippen MR) is 169 cm³/mol. The molecular formula is C36H34N2O4S. The zero-order chi connectivity index (χ0) is 30.4. The summed E-state index contributed by atoms with van der Waals surface area (Å²) in [7, 11) is 1.45. The Labute approximate surface area is 256 Å². The third kappa shape index (κ3) is 5.06. The minimum atomic E-state index is -0.841. The van der Waals surface area contributed by atoms with E-state index in [1.54, 1.807) is 23.9 Å². The molecule has 7 heteroatoms. The third-order valence-corrected chi connectivity index (χ3v) is 9.67. The van der Waals surface area contributed by atoms with Crippen LogP contribution in [0.5, 0.6) is 0 Å². The number of hydrogen-bond acceptors (Lipinski definition) is 5. The first kappa shape index (κ1) is 28.9. The Morgan fingerprint density at radius 1 is 0.791 bits per heavy atom. The lowest BCUT2D eigenvalue weighted by atomic mass is 9.75. The van der Waals surface area contributed by atoms with Gasteiger partial charge in [-0.3, -0.25) is 24.1 Å². The molecule has 3 atom stereocenters. The minimum absolute atomic E-state index is 0.188. The molecule has 6 nitrogen and oxygen atoms in total. The molecule has 3 aliphatic rings. The van der Waals surface area contributed by atoms with Gasteiger partial charge in [-0.15, -0.1) is 11.8 Å². The zero-order valence-electron chi connectivity index (χ0n) is 24.8. The van der Waals surface area contributed by atoms with Crippen LogP contribution >= 0.6 is 11.8 Å². The van der Waals surface area contributed by atoms with Crippen molar-refractivity contribution in [3.05, 3.63) is 112 Å². The fourth-order valence-electron chi connectivity index (χ4n) is 6.27. The van der Waals surface area contributed by atoms with Crippen molar-refractivity contribution in [2.75, 3.05) is 18.2 Å². The first-order valence-electron chi connectivity index (χ1n) is 14.7. The van der Waals surface area contributed by atoms with Crippen molar-refractivity contribution in [1.29, 1.82) is 0 Å². The molecule has 3 aromatic carbocycles. The number of thioether (sulfide) groups is 1. The average Bonchev–Trinajstić information content (AvgIpc) is 3.41. The van der Waals surface area contributed by atoms with Crippen LogP contribution in [0.25, 0.3) is 5.57 Å². The smallest absolute Gasteiger partial charge is 0.266 e. The molecule has 2 heterocycles. The second-order valence-corrected chi connectivity index (χ2v) is 12.5. The van der Waals surface area contributed by atoms with Crippen LogP contribution < -0.4 is 4.90 Å². The van der Waals surface area contributed by atoms with Crippen molar-refractivity contribution in [2.24, 2.45) is 17.8 Å². The van der Waals surface area contributed by atoms with Crippen LogP contribution in [0.4, 0.5) is 5.69 Å². The van der Waals surface area contributed by atoms with Gasteiger partial charge in [0.15, 0.2) is 0 Å². The number of rotatable bonds is 8. The second kappa shape index (κ2) is 11.5. The van der Waals surface area contributed by atoms with Gasteiger partial charge in [0.1, 0.15) is 0 Å². The molecule has 3 aromatic rings. The van der Waals surface area contributed by atoms with Gasteiger partial charge in [0.05, 0.1) is 28.7 Å². The molecule has 2 fully saturated rings. The topological polar surface area (TPSA) is 74.8 Å². The number of carbonyl (C=O) groups is 4. The molecule has 3 unspecified atom stereocenters. The maximum absolute atomic E-state index is 14.0. The fourth-order valence-corrected chi connectivity index (χ4v) is 6.68. The van der Waals surface area contributed by atoms with Crippen LogP contribution in [0.15, 0.2) is 94.9 Å². The molecule has 2 saturated heterocycles. The summed E-state index contributed by atoms with van der Waals surface area (Å²) in [6.45, 7) is 4.48. The Hall–Kier alpha value is -4.23. The minimum Gasteiger partial charge on any atom is -0.285 e. The van der Waals surface area contributed by atoms with Gasteiger partial charge in [0, 0.05) is 11.9 Å². The maximum Gasteiger partial charge on any atom is 0.266 e. The molecule has 1 aliphatic carbocycles. The average molecular weight is 591 g/mol. The van der Waals surface area contributed by atoms with E-state index in [-0.39, 0.29) is 23.0 Å². The highest BCUT2D eigenvalue weighted by Gasteiger charge is 2.54. The first-order valence-corrected chi connectivity index (χ1v) is 15.9. The first-order chi connectivity index (χ1) is 20.7. The predicted octanol–water partition coefficient (Wildman–Crippen LogP) is 6.09. The lowest BCUT2D eigenvalue weighted by molar-refractivity contribution is -0.137. The SMILES string of the molecule is CCC(C)Cc1ccc(Cc2ccc(N3C(=O)C4=CC5C(=O)N(C)C(=O)C5C(c5ccc(SC)cc5)=C4C3=O)cc2)cc1. The molecular weight excluding hydrogens is 556 g/mol. The van der Waals surface area contributed by atoms with Gasteiger partial charge >= 0.3 is 0 Å². The van der Waals surface area contributed by atoms with Crippen LogP contribution in [0.2, 0.25) is 0 Å². The van der Waals surface area contributed by atoms with Gasteiger partial charge in [-0.05, 0) is 77.1 Å². The summed E-state index contributed by atoms with van der Waals surface area (Å²) in [6.07, 6.45) is 6.46. The monoisotopic (exact) mass is 590 g/mol. The summed E-state index contributed by atoms with van der Waals surface area (Å²) in [4.78, 5) is 57.4. The normalized spacial score (nSPS) is 20.5. The van der Waals surface area contributed by atoms with Gasteiger partial charge in [-0.1, -0.05) is 74.9 Å². The van der Waals surface area contributed by atoms with Crippen LogP contribution in [-0.4, -0.2) is 41.8 Å². The number of fused-ring (bicyclic) bond motifs is 2. The number of nitrogens with zero attached hydrogens (tertiary/aromatic N) is 2. The lowest BCUT2D eigenvalue weighted by Crippen LogP contribution is -2.29. The molecule has 6 rings (SSSR count). The second-order valence-electron chi connectivity index (χ2n) is 11.7. The van der Waals surface area contributed by atoms with E-state index in [4.69, 9.17) is 0 Å². The molecule has 0 saturated carbocycles. The molecule has 4 amide bonds. The van der Waals surface area contributed by atoms with Crippen LogP contribution in [0.3, 0.4) is 0 Å². The highest BCUT2D eigenvalue weighted by atomic mass is 32.2. The highest BCUT2D eigenvalue weighted by Crippen LogP contribution is 2.48. The number of likely N-dealkylation sites (tertiary alicyclic amines) is 1. The van der Waals surface area contributed by atoms with Gasteiger partial charge < -0.3 is 0 Å². The standard InChI is InChI=1S/C36H34N2O4S/c1-5-21(2)18-22-6-8-23(9-7-22)19-24-10-14-26(15-11-24)38-34(40)29-20-28-31(35(41)37(3)33(28)39)30(32(29)36(38)42)25-12-16-27(43-4)17-13-25/h6-17,20-21,28,31H,5,18-19H2,1-4H3. The van der Waals surface area contributed by atoms with E-state index in [0.29, 0.717) is 22.7 Å². The van der Waals surface area contributed by atoms with Crippen molar-refractivity contribution < 1.29 is 19.2 Å². The van der Waals surface area contributed by atoms with Crippen molar-refractivity contribution in [2.45, 2.75) is 38.0 Å². The van der Waals surface area contributed by atoms with E-state index < -0.39 is 23.7 Å². The Kier molecular flexibility index (Phi) is 7.69. The summed E-state index contributed by atoms with van der Waals surface area (Å²) >= 11 is 1.58. The molecule has 0 aromatic heterocycles. The highest BCUT2D eigenvalue weighted by molar-refractivity contribution is 7.98. The van der Waals surface area contributed by atoms with Crippen molar-refractivity contribution in [3.63, 3.8) is 0 Å². The van der Waals surface area contributed by atoms with Crippen LogP contribution in [-0.2, 0) is 32.0 Å². The van der Waals surface area contributed by atoms with Gasteiger partial charge in [-0.2, -0.15) is 0 Å². The van der Waals surface area contributed by atoms with Crippen molar-refractivity contribution in [1.82, 2.24) is 4.90 Å². The molecule has 43 heavy (non-hydrogen) atoms. The van der Waals surface area contributed by atoms with Crippen molar-refractivity contribution >= 4 is 46.7 Å². The quantitative estimate of drug-likeness (QED) is 0.235. The van der Waals surface area contributed by atoms with E-state index in [0.717, 1.165) is 34.6 Å². The van der Waals surface area contributed by atoms with E-state index in [1.807, 2.05) is 42.7 Å². The van der Waals surface area contributed by atoms with Crippen LogP contribution in [0, 0.1) is 17.8 Å².